The highest BCUT2D eigenvalue weighted by atomic mass is 35.5. The van der Waals surface area contributed by atoms with Crippen LogP contribution in [0.15, 0.2) is 18.2 Å². The molecule has 2 N–H and O–H groups in total. The molecule has 3 heteroatoms. The monoisotopic (exact) mass is 265 g/mol. The van der Waals surface area contributed by atoms with Crippen LogP contribution < -0.4 is 5.73 Å². The Morgan fingerprint density at radius 3 is 2.39 bits per heavy atom. The topological polar surface area (TPSA) is 43.1 Å². The summed E-state index contributed by atoms with van der Waals surface area (Å²) in [5.41, 5.74) is 11.5. The molecular weight excluding hydrogens is 246 g/mol. The molecule has 0 heterocycles. The number of halogens is 1. The van der Waals surface area contributed by atoms with Crippen molar-refractivity contribution in [2.45, 2.75) is 39.5 Å². The number of alkyl halides is 1. The first-order valence-corrected chi connectivity index (χ1v) is 6.36. The molecule has 0 saturated carbocycles. The molecule has 0 radical (unpaired) electrons. The van der Waals surface area contributed by atoms with Gasteiger partial charge in [-0.2, -0.15) is 0 Å². The molecule has 0 aliphatic rings. The van der Waals surface area contributed by atoms with Crippen molar-refractivity contribution in [1.82, 2.24) is 0 Å². The summed E-state index contributed by atoms with van der Waals surface area (Å²) in [7, 11) is 0. The number of carbonyl (C=O) groups is 1. The number of benzene rings is 1. The molecule has 0 spiro atoms. The second-order valence-corrected chi connectivity index (χ2v) is 5.32. The first-order valence-electron chi connectivity index (χ1n) is 5.93. The molecular formula is C15H20ClNO. The third kappa shape index (κ3) is 2.94. The van der Waals surface area contributed by atoms with E-state index in [-0.39, 0.29) is 17.7 Å². The van der Waals surface area contributed by atoms with Crippen LogP contribution in [0.25, 0.3) is 0 Å². The van der Waals surface area contributed by atoms with E-state index in [0.29, 0.717) is 0 Å². The van der Waals surface area contributed by atoms with Crippen LogP contribution in [0.1, 0.15) is 40.1 Å². The van der Waals surface area contributed by atoms with Crippen LogP contribution in [0.2, 0.25) is 0 Å². The minimum absolute atomic E-state index is 0.225. The van der Waals surface area contributed by atoms with Crippen LogP contribution >= 0.6 is 11.6 Å². The van der Waals surface area contributed by atoms with Gasteiger partial charge in [-0.05, 0) is 55.5 Å². The Morgan fingerprint density at radius 2 is 1.94 bits per heavy atom. The summed E-state index contributed by atoms with van der Waals surface area (Å²) in [6.07, 6.45) is 0.255. The number of amides is 1. The molecule has 0 aliphatic carbocycles. The van der Waals surface area contributed by atoms with Crippen LogP contribution in [-0.4, -0.2) is 5.91 Å². The maximum Gasteiger partial charge on any atom is 0.221 e. The Kier molecular flexibility index (Phi) is 4.58. The molecule has 1 atom stereocenters. The molecule has 0 aliphatic heterocycles. The van der Waals surface area contributed by atoms with Crippen LogP contribution in [0.5, 0.6) is 0 Å². The van der Waals surface area contributed by atoms with Gasteiger partial charge in [-0.25, -0.2) is 0 Å². The third-order valence-corrected chi connectivity index (χ3v) is 3.82. The molecule has 0 fully saturated rings. The van der Waals surface area contributed by atoms with Crippen molar-refractivity contribution in [3.8, 4) is 0 Å². The molecule has 1 aromatic rings. The summed E-state index contributed by atoms with van der Waals surface area (Å²) in [5.74, 6) is -0.322. The summed E-state index contributed by atoms with van der Waals surface area (Å²) in [6, 6.07) is 2.05. The van der Waals surface area contributed by atoms with Gasteiger partial charge in [-0.15, -0.1) is 11.6 Å². The smallest absolute Gasteiger partial charge is 0.221 e. The third-order valence-electron chi connectivity index (χ3n) is 3.23. The Bertz CT molecular complexity index is 506. The van der Waals surface area contributed by atoms with Gasteiger partial charge in [0.2, 0.25) is 5.91 Å². The largest absolute Gasteiger partial charge is 0.369 e. The lowest BCUT2D eigenvalue weighted by Gasteiger charge is -2.20. The van der Waals surface area contributed by atoms with Crippen molar-refractivity contribution in [2.75, 3.05) is 0 Å². The van der Waals surface area contributed by atoms with Crippen LogP contribution in [0, 0.1) is 20.8 Å². The molecule has 1 amide bonds. The fourth-order valence-electron chi connectivity index (χ4n) is 2.33. The number of rotatable bonds is 4. The van der Waals surface area contributed by atoms with Crippen molar-refractivity contribution < 1.29 is 4.79 Å². The van der Waals surface area contributed by atoms with Crippen LogP contribution in [0.3, 0.4) is 0 Å². The van der Waals surface area contributed by atoms with Gasteiger partial charge in [-0.1, -0.05) is 18.2 Å². The number of allylic oxidation sites excluding steroid dienone is 1. The summed E-state index contributed by atoms with van der Waals surface area (Å²) >= 11 is 6.40. The van der Waals surface area contributed by atoms with Gasteiger partial charge in [0.1, 0.15) is 0 Å². The van der Waals surface area contributed by atoms with Crippen molar-refractivity contribution >= 4 is 17.5 Å². The number of primary amides is 1. The molecule has 0 saturated heterocycles. The van der Waals surface area contributed by atoms with Crippen molar-refractivity contribution in [3.63, 3.8) is 0 Å². The average Bonchev–Trinajstić information content (AvgIpc) is 2.23. The normalized spacial score (nSPS) is 12.3. The lowest BCUT2D eigenvalue weighted by molar-refractivity contribution is -0.117. The summed E-state index contributed by atoms with van der Waals surface area (Å²) in [4.78, 5) is 11.1. The van der Waals surface area contributed by atoms with Gasteiger partial charge in [0.25, 0.3) is 0 Å². The van der Waals surface area contributed by atoms with Gasteiger partial charge in [0, 0.05) is 0 Å². The molecule has 1 aromatic carbocycles. The van der Waals surface area contributed by atoms with E-state index in [0.717, 1.165) is 33.4 Å². The lowest BCUT2D eigenvalue weighted by Crippen LogP contribution is -2.16. The Labute approximate surface area is 114 Å². The molecule has 18 heavy (non-hydrogen) atoms. The zero-order valence-electron chi connectivity index (χ0n) is 11.4. The maximum atomic E-state index is 11.1. The summed E-state index contributed by atoms with van der Waals surface area (Å²) in [6.45, 7) is 11.8. The van der Waals surface area contributed by atoms with E-state index in [1.165, 1.54) is 0 Å². The average molecular weight is 266 g/mol. The number of nitrogens with two attached hydrogens (primary N) is 1. The van der Waals surface area contributed by atoms with Crippen molar-refractivity contribution in [3.05, 3.63) is 46.0 Å². The number of aryl methyl sites for hydroxylation is 2. The molecule has 0 bridgehead atoms. The van der Waals surface area contributed by atoms with E-state index < -0.39 is 0 Å². The fourth-order valence-corrected chi connectivity index (χ4v) is 2.66. The van der Waals surface area contributed by atoms with Gasteiger partial charge in [-0.3, -0.25) is 4.79 Å². The summed E-state index contributed by atoms with van der Waals surface area (Å²) in [5, 5.41) is -0.225. The van der Waals surface area contributed by atoms with E-state index in [4.69, 9.17) is 17.3 Å². The van der Waals surface area contributed by atoms with Gasteiger partial charge >= 0.3 is 0 Å². The van der Waals surface area contributed by atoms with Gasteiger partial charge in [0.05, 0.1) is 11.8 Å². The van der Waals surface area contributed by atoms with E-state index >= 15 is 0 Å². The number of carbonyl (C=O) groups excluding carboxylic acids is 1. The van der Waals surface area contributed by atoms with E-state index in [9.17, 15) is 4.79 Å². The quantitative estimate of drug-likeness (QED) is 0.657. The predicted octanol–water partition coefficient (Wildman–Crippen LogP) is 3.50. The lowest BCUT2D eigenvalue weighted by atomic mass is 9.88. The maximum absolute atomic E-state index is 11.1. The number of hydrogen-bond acceptors (Lipinski definition) is 1. The fraction of sp³-hybridized carbons (Fsp3) is 0.400. The highest BCUT2D eigenvalue weighted by Crippen LogP contribution is 2.35. The van der Waals surface area contributed by atoms with Crippen LogP contribution in [0.4, 0.5) is 0 Å². The number of hydrogen-bond donors (Lipinski definition) is 1. The second-order valence-electron chi connectivity index (χ2n) is 4.88. The second kappa shape index (κ2) is 5.57. The zero-order chi connectivity index (χ0) is 14.0. The summed E-state index contributed by atoms with van der Waals surface area (Å²) < 4.78 is 0. The van der Waals surface area contributed by atoms with E-state index in [1.807, 2.05) is 27.7 Å². The molecule has 1 unspecified atom stereocenters. The standard InChI is InChI=1S/C15H20ClNO/c1-8(2)15(16)14-10(4)6-9(3)12(11(14)5)7-13(17)18/h6,15H,1,7H2,2-5H3,(H2,17,18). The molecule has 0 aromatic heterocycles. The molecule has 2 nitrogen and oxygen atoms in total. The van der Waals surface area contributed by atoms with Crippen molar-refractivity contribution in [2.24, 2.45) is 5.73 Å². The highest BCUT2D eigenvalue weighted by molar-refractivity contribution is 6.22. The SMILES string of the molecule is C=C(C)C(Cl)c1c(C)cc(C)c(CC(N)=O)c1C. The van der Waals surface area contributed by atoms with Crippen molar-refractivity contribution in [1.29, 1.82) is 0 Å². The van der Waals surface area contributed by atoms with E-state index in [1.54, 1.807) is 0 Å². The first-order chi connectivity index (χ1) is 8.25. The van der Waals surface area contributed by atoms with Crippen LogP contribution in [-0.2, 0) is 11.2 Å². The highest BCUT2D eigenvalue weighted by Gasteiger charge is 2.18. The van der Waals surface area contributed by atoms with E-state index in [2.05, 4.69) is 12.6 Å². The Balaban J connectivity index is 3.44. The minimum atomic E-state index is -0.322. The predicted molar refractivity (Wildman–Crippen MR) is 77.0 cm³/mol. The Hall–Kier alpha value is -1.28. The van der Waals surface area contributed by atoms with Gasteiger partial charge < -0.3 is 5.73 Å². The molecule has 1 rings (SSSR count). The Morgan fingerprint density at radius 1 is 1.39 bits per heavy atom. The first kappa shape index (κ1) is 14.8. The van der Waals surface area contributed by atoms with Gasteiger partial charge in [0.15, 0.2) is 0 Å². The zero-order valence-corrected chi connectivity index (χ0v) is 12.2. The minimum Gasteiger partial charge on any atom is -0.369 e. The molecule has 98 valence electrons.